The number of hydrogen-bond donors (Lipinski definition) is 4. The molecule has 0 aromatic heterocycles. The molecule has 0 bridgehead atoms. The molecule has 5 nitrogen and oxygen atoms in total. The van der Waals surface area contributed by atoms with Crippen molar-refractivity contribution >= 4 is 6.09 Å². The molecule has 0 saturated carbocycles. The molecule has 1 aliphatic carbocycles. The normalized spacial score (nSPS) is 28.5. The monoisotopic (exact) mass is 209 g/mol. The van der Waals surface area contributed by atoms with E-state index in [9.17, 15) is 15.0 Å². The number of benzene rings is 1. The molecule has 1 aromatic carbocycles. The number of fused-ring (bicyclic) bond motifs is 1. The van der Waals surface area contributed by atoms with Gasteiger partial charge in [0.1, 0.15) is 12.2 Å². The SMILES string of the molecule is O=C(O)N[C@@H]1c2ccccc2C(O)[C@@H]1O. The van der Waals surface area contributed by atoms with Crippen LogP contribution in [0.4, 0.5) is 4.79 Å². The molecule has 15 heavy (non-hydrogen) atoms. The van der Waals surface area contributed by atoms with Crippen molar-refractivity contribution in [3.8, 4) is 0 Å². The molecule has 0 fully saturated rings. The molecule has 1 aromatic rings. The van der Waals surface area contributed by atoms with Crippen LogP contribution in [0.1, 0.15) is 23.3 Å². The molecular weight excluding hydrogens is 198 g/mol. The van der Waals surface area contributed by atoms with E-state index in [0.29, 0.717) is 11.1 Å². The first kappa shape index (κ1) is 9.95. The molecule has 4 N–H and O–H groups in total. The summed E-state index contributed by atoms with van der Waals surface area (Å²) in [5.41, 5.74) is 1.20. The number of aliphatic hydroxyl groups excluding tert-OH is 2. The lowest BCUT2D eigenvalue weighted by molar-refractivity contribution is 0.0113. The minimum atomic E-state index is -1.22. The van der Waals surface area contributed by atoms with Crippen molar-refractivity contribution in [1.29, 1.82) is 0 Å². The Morgan fingerprint density at radius 2 is 1.80 bits per heavy atom. The average Bonchev–Trinajstić information content (AvgIpc) is 2.44. The van der Waals surface area contributed by atoms with Gasteiger partial charge in [0.05, 0.1) is 6.04 Å². The van der Waals surface area contributed by atoms with Crippen LogP contribution in [0, 0.1) is 0 Å². The first-order chi connectivity index (χ1) is 7.11. The van der Waals surface area contributed by atoms with Gasteiger partial charge in [0, 0.05) is 0 Å². The second-order valence-electron chi connectivity index (χ2n) is 3.49. The van der Waals surface area contributed by atoms with E-state index < -0.39 is 24.3 Å². The molecule has 3 atom stereocenters. The maximum Gasteiger partial charge on any atom is 0.405 e. The largest absolute Gasteiger partial charge is 0.465 e. The van der Waals surface area contributed by atoms with Crippen LogP contribution in [0.3, 0.4) is 0 Å². The fourth-order valence-electron chi connectivity index (χ4n) is 1.91. The molecule has 0 aliphatic heterocycles. The Kier molecular flexibility index (Phi) is 2.34. The van der Waals surface area contributed by atoms with Crippen molar-refractivity contribution in [2.75, 3.05) is 0 Å². The molecule has 1 aliphatic rings. The van der Waals surface area contributed by atoms with E-state index in [1.807, 2.05) is 0 Å². The molecular formula is C10H11NO4. The Hall–Kier alpha value is -1.59. The third kappa shape index (κ3) is 1.55. The number of carboxylic acid groups (broad SMARTS) is 1. The lowest BCUT2D eigenvalue weighted by Gasteiger charge is -2.16. The molecule has 0 heterocycles. The Balaban J connectivity index is 2.37. The topological polar surface area (TPSA) is 89.8 Å². The van der Waals surface area contributed by atoms with Crippen molar-refractivity contribution in [3.63, 3.8) is 0 Å². The lowest BCUT2D eigenvalue weighted by atomic mass is 10.1. The average molecular weight is 209 g/mol. The van der Waals surface area contributed by atoms with Gasteiger partial charge in [-0.3, -0.25) is 0 Å². The summed E-state index contributed by atoms with van der Waals surface area (Å²) in [4.78, 5) is 10.5. The molecule has 0 spiro atoms. The van der Waals surface area contributed by atoms with E-state index in [0.717, 1.165) is 0 Å². The van der Waals surface area contributed by atoms with Gasteiger partial charge < -0.3 is 20.6 Å². The van der Waals surface area contributed by atoms with Gasteiger partial charge in [-0.15, -0.1) is 0 Å². The summed E-state index contributed by atoms with van der Waals surface area (Å²) >= 11 is 0. The maximum atomic E-state index is 10.5. The summed E-state index contributed by atoms with van der Waals surface area (Å²) in [5, 5.41) is 30.1. The lowest BCUT2D eigenvalue weighted by Crippen LogP contribution is -2.33. The molecule has 1 unspecified atom stereocenters. The zero-order valence-corrected chi connectivity index (χ0v) is 7.79. The molecule has 80 valence electrons. The van der Waals surface area contributed by atoms with Crippen LogP contribution in [0.5, 0.6) is 0 Å². The van der Waals surface area contributed by atoms with E-state index in [1.165, 1.54) is 0 Å². The highest BCUT2D eigenvalue weighted by molar-refractivity contribution is 5.66. The highest BCUT2D eigenvalue weighted by Gasteiger charge is 2.39. The molecule has 1 amide bonds. The third-order valence-electron chi connectivity index (χ3n) is 2.59. The van der Waals surface area contributed by atoms with Gasteiger partial charge in [-0.2, -0.15) is 0 Å². The summed E-state index contributed by atoms with van der Waals surface area (Å²) in [5.74, 6) is 0. The number of rotatable bonds is 1. The van der Waals surface area contributed by atoms with E-state index >= 15 is 0 Å². The second-order valence-corrected chi connectivity index (χ2v) is 3.49. The van der Waals surface area contributed by atoms with Gasteiger partial charge in [0.25, 0.3) is 0 Å². The summed E-state index contributed by atoms with van der Waals surface area (Å²) in [6.45, 7) is 0. The Morgan fingerprint density at radius 1 is 1.20 bits per heavy atom. The van der Waals surface area contributed by atoms with Crippen molar-refractivity contribution in [2.45, 2.75) is 18.2 Å². The highest BCUT2D eigenvalue weighted by Crippen LogP contribution is 2.38. The van der Waals surface area contributed by atoms with Crippen LogP contribution in [-0.4, -0.2) is 27.5 Å². The standard InChI is InChI=1S/C10H11NO4/c12-8-6-4-2-1-3-5(6)7(9(8)13)11-10(14)15/h1-4,7-9,11-13H,(H,14,15)/t7-,8?,9-/m1/s1. The van der Waals surface area contributed by atoms with Crippen LogP contribution in [0.2, 0.25) is 0 Å². The van der Waals surface area contributed by atoms with E-state index in [4.69, 9.17) is 5.11 Å². The quantitative estimate of drug-likeness (QED) is 0.539. The first-order valence-electron chi connectivity index (χ1n) is 4.55. The molecule has 5 heteroatoms. The van der Waals surface area contributed by atoms with Crippen LogP contribution >= 0.6 is 0 Å². The molecule has 0 saturated heterocycles. The Bertz CT molecular complexity index is 393. The molecule has 0 radical (unpaired) electrons. The number of carbonyl (C=O) groups is 1. The van der Waals surface area contributed by atoms with Crippen molar-refractivity contribution < 1.29 is 20.1 Å². The van der Waals surface area contributed by atoms with Crippen LogP contribution in [0.15, 0.2) is 24.3 Å². The number of amides is 1. The minimum absolute atomic E-state index is 0.573. The van der Waals surface area contributed by atoms with Crippen molar-refractivity contribution in [3.05, 3.63) is 35.4 Å². The first-order valence-corrected chi connectivity index (χ1v) is 4.55. The van der Waals surface area contributed by atoms with Crippen molar-refractivity contribution in [1.82, 2.24) is 5.32 Å². The Morgan fingerprint density at radius 3 is 2.40 bits per heavy atom. The summed E-state index contributed by atoms with van der Waals surface area (Å²) in [6.07, 6.45) is -3.38. The smallest absolute Gasteiger partial charge is 0.405 e. The highest BCUT2D eigenvalue weighted by atomic mass is 16.4. The van der Waals surface area contributed by atoms with E-state index in [2.05, 4.69) is 5.32 Å². The zero-order valence-electron chi connectivity index (χ0n) is 7.79. The second kappa shape index (κ2) is 3.52. The van der Waals surface area contributed by atoms with Gasteiger partial charge >= 0.3 is 6.09 Å². The fourth-order valence-corrected chi connectivity index (χ4v) is 1.91. The fraction of sp³-hybridized carbons (Fsp3) is 0.300. The van der Waals surface area contributed by atoms with Gasteiger partial charge in [-0.25, -0.2) is 4.79 Å². The Labute approximate surface area is 86.0 Å². The number of aliphatic hydroxyl groups is 2. The van der Waals surface area contributed by atoms with E-state index in [-0.39, 0.29) is 0 Å². The van der Waals surface area contributed by atoms with Crippen LogP contribution in [-0.2, 0) is 0 Å². The predicted octanol–water partition coefficient (Wildman–Crippen LogP) is 0.403. The number of nitrogens with one attached hydrogen (secondary N) is 1. The van der Waals surface area contributed by atoms with Crippen LogP contribution in [0.25, 0.3) is 0 Å². The zero-order chi connectivity index (χ0) is 11.0. The summed E-state index contributed by atoms with van der Waals surface area (Å²) in [6, 6.07) is 6.08. The van der Waals surface area contributed by atoms with Crippen molar-refractivity contribution in [2.24, 2.45) is 0 Å². The molecule has 2 rings (SSSR count). The predicted molar refractivity (Wildman–Crippen MR) is 51.3 cm³/mol. The summed E-state index contributed by atoms with van der Waals surface area (Å²) < 4.78 is 0. The van der Waals surface area contributed by atoms with Gasteiger partial charge in [-0.05, 0) is 11.1 Å². The number of hydrogen-bond acceptors (Lipinski definition) is 3. The summed E-state index contributed by atoms with van der Waals surface area (Å²) in [7, 11) is 0. The maximum absolute atomic E-state index is 10.5. The van der Waals surface area contributed by atoms with Crippen LogP contribution < -0.4 is 5.32 Å². The minimum Gasteiger partial charge on any atom is -0.465 e. The van der Waals surface area contributed by atoms with Gasteiger partial charge in [0.2, 0.25) is 0 Å². The third-order valence-corrected chi connectivity index (χ3v) is 2.59. The van der Waals surface area contributed by atoms with Gasteiger partial charge in [-0.1, -0.05) is 24.3 Å². The van der Waals surface area contributed by atoms with Gasteiger partial charge in [0.15, 0.2) is 0 Å². The van der Waals surface area contributed by atoms with E-state index in [1.54, 1.807) is 24.3 Å².